The molecule has 2 saturated heterocycles. The Morgan fingerprint density at radius 2 is 1.97 bits per heavy atom. The number of aromatic nitrogens is 1. The lowest BCUT2D eigenvalue weighted by Crippen LogP contribution is -2.55. The van der Waals surface area contributed by atoms with Crippen molar-refractivity contribution in [3.8, 4) is 5.88 Å². The minimum Gasteiger partial charge on any atom is -0.481 e. The first kappa shape index (κ1) is 20.6. The molecule has 1 amide bonds. The number of methoxy groups -OCH3 is 1. The molecule has 8 nitrogen and oxygen atoms in total. The van der Waals surface area contributed by atoms with Crippen LogP contribution in [-0.4, -0.2) is 79.3 Å². The van der Waals surface area contributed by atoms with Crippen molar-refractivity contribution < 1.29 is 22.7 Å². The number of nitrogens with zero attached hydrogens (tertiary/aromatic N) is 3. The number of carbonyl (C=O) groups is 1. The van der Waals surface area contributed by atoms with Gasteiger partial charge in [-0.2, -0.15) is 4.31 Å². The van der Waals surface area contributed by atoms with E-state index in [1.54, 1.807) is 23.5 Å². The number of ether oxygens (including phenoxy) is 2. The van der Waals surface area contributed by atoms with Crippen LogP contribution in [0.1, 0.15) is 48.9 Å². The molecule has 3 aliphatic rings. The van der Waals surface area contributed by atoms with Gasteiger partial charge in [-0.3, -0.25) is 4.79 Å². The van der Waals surface area contributed by atoms with Gasteiger partial charge in [0.2, 0.25) is 15.9 Å². The van der Waals surface area contributed by atoms with Gasteiger partial charge in [0.05, 0.1) is 24.5 Å². The molecular formula is C20H29N3O5S. The van der Waals surface area contributed by atoms with Crippen molar-refractivity contribution >= 4 is 15.9 Å². The molecule has 160 valence electrons. The molecule has 9 heteroatoms. The van der Waals surface area contributed by atoms with Gasteiger partial charge in [0.25, 0.3) is 5.91 Å². The van der Waals surface area contributed by atoms with E-state index in [0.29, 0.717) is 37.6 Å². The van der Waals surface area contributed by atoms with Crippen molar-refractivity contribution in [2.45, 2.75) is 56.2 Å². The second-order valence-corrected chi connectivity index (χ2v) is 10.3. The van der Waals surface area contributed by atoms with Gasteiger partial charge in [0.1, 0.15) is 0 Å². The fraction of sp³-hybridized carbons (Fsp3) is 0.700. The van der Waals surface area contributed by atoms with Crippen LogP contribution in [0.3, 0.4) is 0 Å². The summed E-state index contributed by atoms with van der Waals surface area (Å²) in [6.45, 7) is 1.76. The Morgan fingerprint density at radius 3 is 2.52 bits per heavy atom. The number of pyridine rings is 1. The zero-order chi connectivity index (χ0) is 20.6. The van der Waals surface area contributed by atoms with Gasteiger partial charge in [-0.05, 0) is 44.6 Å². The van der Waals surface area contributed by atoms with E-state index in [9.17, 15) is 13.2 Å². The van der Waals surface area contributed by atoms with Crippen molar-refractivity contribution in [3.63, 3.8) is 0 Å². The van der Waals surface area contributed by atoms with E-state index in [-0.39, 0.29) is 23.6 Å². The molecule has 1 aromatic heterocycles. The van der Waals surface area contributed by atoms with E-state index in [1.165, 1.54) is 12.5 Å². The number of carbonyl (C=O) groups excluding carboxylic acids is 1. The molecule has 2 aliphatic heterocycles. The summed E-state index contributed by atoms with van der Waals surface area (Å²) < 4.78 is 37.6. The van der Waals surface area contributed by atoms with E-state index in [2.05, 4.69) is 4.98 Å². The van der Waals surface area contributed by atoms with Gasteiger partial charge >= 0.3 is 0 Å². The molecule has 3 heterocycles. The minimum absolute atomic E-state index is 0.000658. The second kappa shape index (κ2) is 7.85. The third kappa shape index (κ3) is 4.41. The Morgan fingerprint density at radius 1 is 1.24 bits per heavy atom. The summed E-state index contributed by atoms with van der Waals surface area (Å²) in [4.78, 5) is 18.7. The lowest BCUT2D eigenvalue weighted by Gasteiger charge is -2.48. The second-order valence-electron chi connectivity index (χ2n) is 8.38. The molecule has 29 heavy (non-hydrogen) atoms. The largest absolute Gasteiger partial charge is 0.481 e. The number of hydrogen-bond acceptors (Lipinski definition) is 6. The molecule has 4 rings (SSSR count). The molecule has 1 aliphatic carbocycles. The van der Waals surface area contributed by atoms with Crippen LogP contribution in [-0.2, 0) is 14.8 Å². The maximum atomic E-state index is 12.8. The maximum absolute atomic E-state index is 12.8. The van der Waals surface area contributed by atoms with Crippen molar-refractivity contribution in [2.75, 3.05) is 33.1 Å². The molecular weight excluding hydrogens is 394 g/mol. The highest BCUT2D eigenvalue weighted by Crippen LogP contribution is 2.41. The quantitative estimate of drug-likeness (QED) is 0.716. The zero-order valence-electron chi connectivity index (χ0n) is 17.0. The summed E-state index contributed by atoms with van der Waals surface area (Å²) in [6, 6.07) is 3.57. The first-order chi connectivity index (χ1) is 13.8. The molecule has 1 spiro atoms. The minimum atomic E-state index is -3.23. The Hall–Kier alpha value is -1.71. The number of piperidine rings is 1. The first-order valence-electron chi connectivity index (χ1n) is 10.2. The number of likely N-dealkylation sites (tertiary alicyclic amines) is 1. The molecule has 1 saturated carbocycles. The van der Waals surface area contributed by atoms with Gasteiger partial charge < -0.3 is 14.4 Å². The fourth-order valence-corrected chi connectivity index (χ4v) is 6.14. The highest BCUT2D eigenvalue weighted by atomic mass is 32.2. The summed E-state index contributed by atoms with van der Waals surface area (Å²) in [5.41, 5.74) is 0.205. The van der Waals surface area contributed by atoms with Crippen molar-refractivity contribution in [1.82, 2.24) is 14.2 Å². The van der Waals surface area contributed by atoms with Crippen molar-refractivity contribution in [2.24, 2.45) is 0 Å². The predicted molar refractivity (Wildman–Crippen MR) is 107 cm³/mol. The number of sulfonamides is 1. The van der Waals surface area contributed by atoms with Gasteiger partial charge in [0.15, 0.2) is 0 Å². The third-order valence-corrected chi connectivity index (χ3v) is 7.63. The number of hydrogen-bond donors (Lipinski definition) is 0. The lowest BCUT2D eigenvalue weighted by molar-refractivity contribution is -0.123. The Kier molecular flexibility index (Phi) is 5.56. The fourth-order valence-electron chi connectivity index (χ4n) is 4.66. The third-order valence-electron chi connectivity index (χ3n) is 6.27. The summed E-state index contributed by atoms with van der Waals surface area (Å²) >= 11 is 0. The maximum Gasteiger partial charge on any atom is 0.255 e. The topological polar surface area (TPSA) is 89.0 Å². The average Bonchev–Trinajstić information content (AvgIpc) is 3.52. The van der Waals surface area contributed by atoms with Crippen LogP contribution in [0.5, 0.6) is 5.88 Å². The van der Waals surface area contributed by atoms with E-state index < -0.39 is 10.0 Å². The standard InChI is InChI=1S/C20H29N3O5S/c1-27-18-6-3-15(14-21-18)19(24)22-10-8-20(9-11-22)13-17(7-12-28-20)23(16-4-5-16)29(2,25)26/h3,6,14,16-17H,4-5,7-13H2,1-2H3. The molecule has 0 bridgehead atoms. The first-order valence-corrected chi connectivity index (χ1v) is 12.1. The molecule has 0 N–H and O–H groups in total. The average molecular weight is 424 g/mol. The highest BCUT2D eigenvalue weighted by molar-refractivity contribution is 7.88. The Balaban J connectivity index is 1.40. The molecule has 1 aromatic rings. The summed E-state index contributed by atoms with van der Waals surface area (Å²) in [6.07, 6.45) is 7.66. The van der Waals surface area contributed by atoms with Crippen LogP contribution in [0.15, 0.2) is 18.3 Å². The molecule has 3 fully saturated rings. The van der Waals surface area contributed by atoms with Crippen LogP contribution in [0.2, 0.25) is 0 Å². The van der Waals surface area contributed by atoms with Gasteiger partial charge in [-0.1, -0.05) is 0 Å². The smallest absolute Gasteiger partial charge is 0.255 e. The normalized spacial score (nSPS) is 24.7. The van der Waals surface area contributed by atoms with Gasteiger partial charge in [0, 0.05) is 44.0 Å². The van der Waals surface area contributed by atoms with Gasteiger partial charge in [-0.25, -0.2) is 13.4 Å². The van der Waals surface area contributed by atoms with Crippen LogP contribution in [0.4, 0.5) is 0 Å². The summed E-state index contributed by atoms with van der Waals surface area (Å²) in [5, 5.41) is 0. The van der Waals surface area contributed by atoms with Crippen molar-refractivity contribution in [1.29, 1.82) is 0 Å². The zero-order valence-corrected chi connectivity index (χ0v) is 17.9. The Labute approximate surface area is 172 Å². The molecule has 1 unspecified atom stereocenters. The SMILES string of the molecule is COc1ccc(C(=O)N2CCC3(CC2)CC(N(C2CC2)S(C)(=O)=O)CCO3)cn1. The van der Waals surface area contributed by atoms with Crippen LogP contribution in [0.25, 0.3) is 0 Å². The number of rotatable bonds is 5. The Bertz CT molecular complexity index is 845. The predicted octanol–water partition coefficient (Wildman–Crippen LogP) is 1.67. The molecule has 1 atom stereocenters. The summed E-state index contributed by atoms with van der Waals surface area (Å²) in [7, 11) is -1.69. The van der Waals surface area contributed by atoms with E-state index in [4.69, 9.17) is 9.47 Å². The lowest BCUT2D eigenvalue weighted by atomic mass is 9.82. The highest BCUT2D eigenvalue weighted by Gasteiger charge is 2.47. The number of amides is 1. The van der Waals surface area contributed by atoms with Gasteiger partial charge in [-0.15, -0.1) is 0 Å². The molecule has 0 radical (unpaired) electrons. The monoisotopic (exact) mass is 423 g/mol. The van der Waals surface area contributed by atoms with Crippen LogP contribution < -0.4 is 4.74 Å². The van der Waals surface area contributed by atoms with Crippen LogP contribution >= 0.6 is 0 Å². The van der Waals surface area contributed by atoms with E-state index in [1.807, 2.05) is 4.90 Å². The van der Waals surface area contributed by atoms with Crippen LogP contribution in [0, 0.1) is 0 Å². The van der Waals surface area contributed by atoms with E-state index >= 15 is 0 Å². The summed E-state index contributed by atoms with van der Waals surface area (Å²) in [5.74, 6) is 0.435. The van der Waals surface area contributed by atoms with Crippen molar-refractivity contribution in [3.05, 3.63) is 23.9 Å². The van der Waals surface area contributed by atoms with E-state index in [0.717, 1.165) is 32.1 Å². The molecule has 0 aromatic carbocycles.